The first-order chi connectivity index (χ1) is 44.5. The van der Waals surface area contributed by atoms with Crippen molar-refractivity contribution in [3.05, 3.63) is 319 Å². The summed E-state index contributed by atoms with van der Waals surface area (Å²) in [6.07, 6.45) is 0. The molecule has 10 aromatic carbocycles. The van der Waals surface area contributed by atoms with Gasteiger partial charge < -0.3 is 27.9 Å². The zero-order valence-corrected chi connectivity index (χ0v) is 55.8. The van der Waals surface area contributed by atoms with Gasteiger partial charge in [0, 0.05) is 48.5 Å². The van der Waals surface area contributed by atoms with E-state index in [9.17, 15) is 14.4 Å². The quantitative estimate of drug-likeness (QED) is 0.0378. The Bertz CT molecular complexity index is 4120. The average Bonchev–Trinajstić information content (AvgIpc) is 0.769. The first-order valence-corrected chi connectivity index (χ1v) is 35.4. The van der Waals surface area contributed by atoms with E-state index < -0.39 is 55.9 Å². The highest BCUT2D eigenvalue weighted by atomic mass is 31.2. The maximum absolute atomic E-state index is 15.4. The van der Waals surface area contributed by atoms with E-state index in [0.29, 0.717) is 98.6 Å². The predicted molar refractivity (Wildman–Crippen MR) is 368 cm³/mol. The van der Waals surface area contributed by atoms with Crippen LogP contribution in [0.3, 0.4) is 0 Å². The van der Waals surface area contributed by atoms with Gasteiger partial charge in [-0.2, -0.15) is 0 Å². The minimum Gasteiger partial charge on any atom is -0.457 e. The highest BCUT2D eigenvalue weighted by Crippen LogP contribution is 2.51. The number of aryl methyl sites for hydroxylation is 6. The van der Waals surface area contributed by atoms with E-state index in [1.54, 1.807) is 263 Å². The van der Waals surface area contributed by atoms with E-state index >= 15 is 28.1 Å². The van der Waals surface area contributed by atoms with Gasteiger partial charge >= 0.3 is 17.9 Å². The largest absolute Gasteiger partial charge is 0.457 e. The van der Waals surface area contributed by atoms with Gasteiger partial charge in [-0.25, -0.2) is 14.4 Å². The molecule has 10 aromatic rings. The van der Waals surface area contributed by atoms with E-state index in [1.165, 1.54) is 18.2 Å². The SMILES string of the molecule is Cc1cc(C)c(C(=O)P(=O)(c2ccccc2)c2ccccc2)c(C)c1COC(=O)c1cc(C(=O)OCc2c(C)cc(C)c(C(=O)P(=O)(c3ccccc3)c3ccccc3)c2C)cc(C(=O)OCc2c(C)cc(C)c(C(=O)P(=O)(c3ccccc3)c3ccccc3)c2C)c1. The van der Waals surface area contributed by atoms with Crippen molar-refractivity contribution < 1.29 is 56.7 Å². The van der Waals surface area contributed by atoms with Crippen LogP contribution in [0.15, 0.2) is 218 Å². The molecular formula is C78H69O12P3. The monoisotopic (exact) mass is 1290 g/mol. The third-order valence-electron chi connectivity index (χ3n) is 17.3. The standard InChI is InChI=1S/C78H69O12P3/c1-49-40-52(4)70(76(82)91(85,61-28-16-10-17-29-61)62-30-18-11-19-31-62)55(7)67(49)46-88-73(79)58-43-59(74(80)89-47-68-50(2)41-53(5)71(56(68)8)77(83)92(86,63-32-20-12-21-33-63)64-34-22-13-23-35-64)45-60(44-58)75(81)90-48-69-51(3)42-54(6)72(57(69)9)78(84)93(87,65-36-24-14-25-37-65)66-38-26-15-27-39-66/h10-45H,46-48H2,1-9H3. The predicted octanol–water partition coefficient (Wildman–Crippen LogP) is 15.0. The van der Waals surface area contributed by atoms with Crippen molar-refractivity contribution in [2.45, 2.75) is 82.1 Å². The summed E-state index contributed by atoms with van der Waals surface area (Å²) in [5.41, 5.74) is 4.64. The summed E-state index contributed by atoms with van der Waals surface area (Å²) in [4.78, 5) is 88.9. The van der Waals surface area contributed by atoms with Crippen molar-refractivity contribution in [3.63, 3.8) is 0 Å². The maximum atomic E-state index is 15.4. The molecule has 468 valence electrons. The third-order valence-corrected chi connectivity index (χ3v) is 25.8. The molecule has 0 saturated carbocycles. The molecule has 0 saturated heterocycles. The van der Waals surface area contributed by atoms with Crippen molar-refractivity contribution in [1.29, 1.82) is 0 Å². The Labute approximate surface area is 542 Å². The van der Waals surface area contributed by atoms with Gasteiger partial charge in [-0.1, -0.05) is 200 Å². The highest BCUT2D eigenvalue weighted by molar-refractivity contribution is 7.94. The molecule has 0 bridgehead atoms. The minimum absolute atomic E-state index is 0.214. The van der Waals surface area contributed by atoms with E-state index in [0.717, 1.165) is 0 Å². The van der Waals surface area contributed by atoms with Crippen LogP contribution in [0, 0.1) is 62.3 Å². The molecule has 0 fully saturated rings. The lowest BCUT2D eigenvalue weighted by atomic mass is 9.94. The molecule has 0 aliphatic rings. The van der Waals surface area contributed by atoms with Crippen LogP contribution in [-0.4, -0.2) is 34.5 Å². The Morgan fingerprint density at radius 1 is 0.269 bits per heavy atom. The average molecular weight is 1290 g/mol. The van der Waals surface area contributed by atoms with Gasteiger partial charge in [0.15, 0.2) is 0 Å². The van der Waals surface area contributed by atoms with Gasteiger partial charge in [0.25, 0.3) is 0 Å². The van der Waals surface area contributed by atoms with E-state index in [2.05, 4.69) is 0 Å². The van der Waals surface area contributed by atoms with Crippen molar-refractivity contribution >= 4 is 87.7 Å². The van der Waals surface area contributed by atoms with Crippen molar-refractivity contribution in [2.24, 2.45) is 0 Å². The van der Waals surface area contributed by atoms with E-state index in [4.69, 9.17) is 14.2 Å². The van der Waals surface area contributed by atoms with Crippen LogP contribution < -0.4 is 31.8 Å². The zero-order valence-electron chi connectivity index (χ0n) is 53.1. The highest BCUT2D eigenvalue weighted by Gasteiger charge is 2.42. The fourth-order valence-corrected chi connectivity index (χ4v) is 20.3. The molecule has 0 spiro atoms. The summed E-state index contributed by atoms with van der Waals surface area (Å²) in [7, 11) is -11.9. The molecule has 93 heavy (non-hydrogen) atoms. The fourth-order valence-electron chi connectivity index (χ4n) is 12.4. The van der Waals surface area contributed by atoms with Gasteiger partial charge in [-0.15, -0.1) is 0 Å². The van der Waals surface area contributed by atoms with E-state index in [1.807, 2.05) is 0 Å². The van der Waals surface area contributed by atoms with Crippen molar-refractivity contribution in [2.75, 3.05) is 0 Å². The lowest BCUT2D eigenvalue weighted by Crippen LogP contribution is -2.24. The van der Waals surface area contributed by atoms with Gasteiger partial charge in [0.1, 0.15) is 19.8 Å². The molecule has 0 aromatic heterocycles. The number of esters is 3. The molecule has 0 aliphatic carbocycles. The lowest BCUT2D eigenvalue weighted by Gasteiger charge is -2.23. The Balaban J connectivity index is 0.990. The van der Waals surface area contributed by atoms with Gasteiger partial charge in [-0.3, -0.25) is 14.4 Å². The minimum atomic E-state index is -3.97. The number of ether oxygens (including phenoxy) is 3. The second kappa shape index (κ2) is 27.6. The second-order valence-corrected chi connectivity index (χ2v) is 31.2. The maximum Gasteiger partial charge on any atom is 0.338 e. The van der Waals surface area contributed by atoms with E-state index in [-0.39, 0.29) is 53.2 Å². The number of carbonyl (C=O) groups is 6. The third kappa shape index (κ3) is 12.8. The summed E-state index contributed by atoms with van der Waals surface area (Å²) < 4.78 is 64.3. The van der Waals surface area contributed by atoms with Gasteiger partial charge in [-0.05, 0) is 147 Å². The van der Waals surface area contributed by atoms with Crippen LogP contribution in [-0.2, 0) is 47.7 Å². The number of carbonyl (C=O) groups excluding carboxylic acids is 6. The smallest absolute Gasteiger partial charge is 0.338 e. The second-order valence-electron chi connectivity index (χ2n) is 23.3. The Hall–Kier alpha value is -9.69. The molecule has 0 atom stereocenters. The van der Waals surface area contributed by atoms with Crippen LogP contribution in [0.25, 0.3) is 0 Å². The number of rotatable bonds is 21. The van der Waals surface area contributed by atoms with Crippen molar-refractivity contribution in [3.8, 4) is 0 Å². The molecule has 0 N–H and O–H groups in total. The molecule has 0 amide bonds. The number of hydrogen-bond donors (Lipinski definition) is 0. The molecule has 10 rings (SSSR count). The molecule has 0 unspecified atom stereocenters. The topological polar surface area (TPSA) is 181 Å². The molecule has 12 nitrogen and oxygen atoms in total. The van der Waals surface area contributed by atoms with Crippen LogP contribution in [0.5, 0.6) is 0 Å². The van der Waals surface area contributed by atoms with Crippen molar-refractivity contribution in [1.82, 2.24) is 0 Å². The molecule has 15 heteroatoms. The van der Waals surface area contributed by atoms with Crippen LogP contribution >= 0.6 is 21.4 Å². The molecule has 0 radical (unpaired) electrons. The first-order valence-electron chi connectivity index (χ1n) is 30.3. The Morgan fingerprint density at radius 3 is 0.634 bits per heavy atom. The Morgan fingerprint density at radius 2 is 0.452 bits per heavy atom. The molecular weight excluding hydrogens is 1220 g/mol. The molecule has 0 aliphatic heterocycles. The molecule has 0 heterocycles. The Kier molecular flexibility index (Phi) is 19.7. The van der Waals surface area contributed by atoms with Crippen LogP contribution in [0.4, 0.5) is 0 Å². The summed E-state index contributed by atoms with van der Waals surface area (Å²) in [5.74, 6) is -2.89. The van der Waals surface area contributed by atoms with Gasteiger partial charge in [0.2, 0.25) is 38.0 Å². The zero-order chi connectivity index (χ0) is 66.5. The number of benzene rings is 10. The lowest BCUT2D eigenvalue weighted by molar-refractivity contribution is 0.0466. The summed E-state index contributed by atoms with van der Waals surface area (Å²) in [6.45, 7) is 14.7. The summed E-state index contributed by atoms with van der Waals surface area (Å²) in [6, 6.07) is 60.5. The van der Waals surface area contributed by atoms with Gasteiger partial charge in [0.05, 0.1) is 16.7 Å². The van der Waals surface area contributed by atoms with Crippen LogP contribution in [0.2, 0.25) is 0 Å². The van der Waals surface area contributed by atoms with Crippen LogP contribution in [0.1, 0.15) is 129 Å². The normalized spacial score (nSPS) is 11.6. The summed E-state index contributed by atoms with van der Waals surface area (Å²) >= 11 is 0. The fraction of sp³-hybridized carbons (Fsp3) is 0.154. The first kappa shape index (κ1) is 66.2. The number of hydrogen-bond acceptors (Lipinski definition) is 12. The summed E-state index contributed by atoms with van der Waals surface area (Å²) in [5, 5.41) is 2.15.